The van der Waals surface area contributed by atoms with Gasteiger partial charge in [-0.1, -0.05) is 42.5 Å². The maximum atomic E-state index is 13.2. The number of oxazole rings is 1. The second kappa shape index (κ2) is 9.62. The molecule has 2 fully saturated rings. The van der Waals surface area contributed by atoms with Gasteiger partial charge in [0.15, 0.2) is 5.58 Å². The van der Waals surface area contributed by atoms with Crippen molar-refractivity contribution >= 4 is 29.0 Å². The van der Waals surface area contributed by atoms with Crippen LogP contribution in [0.3, 0.4) is 0 Å². The van der Waals surface area contributed by atoms with E-state index in [1.165, 1.54) is 0 Å². The van der Waals surface area contributed by atoms with Crippen molar-refractivity contribution in [3.8, 4) is 0 Å². The Kier molecular flexibility index (Phi) is 6.26. The van der Waals surface area contributed by atoms with E-state index in [1.807, 2.05) is 54.6 Å². The van der Waals surface area contributed by atoms with Crippen molar-refractivity contribution in [3.05, 3.63) is 60.2 Å². The number of fused-ring (bicyclic) bond motifs is 1. The van der Waals surface area contributed by atoms with Crippen LogP contribution in [0.2, 0.25) is 0 Å². The molecule has 172 valence electrons. The number of piperidine rings is 1. The summed E-state index contributed by atoms with van der Waals surface area (Å²) < 4.78 is 17.1. The van der Waals surface area contributed by atoms with E-state index < -0.39 is 6.10 Å². The molecule has 3 aromatic rings. The second-order valence-electron chi connectivity index (χ2n) is 8.39. The van der Waals surface area contributed by atoms with Gasteiger partial charge in [0.2, 0.25) is 6.10 Å². The van der Waals surface area contributed by atoms with Crippen molar-refractivity contribution < 1.29 is 23.5 Å². The first-order valence-electron chi connectivity index (χ1n) is 11.4. The average molecular weight is 450 g/mol. The minimum Gasteiger partial charge on any atom is -0.447 e. The van der Waals surface area contributed by atoms with Crippen LogP contribution in [-0.4, -0.2) is 61.2 Å². The maximum Gasteiger partial charge on any atom is 0.310 e. The molecule has 33 heavy (non-hydrogen) atoms. The maximum absolute atomic E-state index is 13.2. The number of morpholine rings is 1. The normalized spacial score (nSPS) is 18.3. The third kappa shape index (κ3) is 4.71. The fourth-order valence-corrected chi connectivity index (χ4v) is 4.35. The first-order chi connectivity index (χ1) is 16.2. The molecular formula is C25H27N3O5. The van der Waals surface area contributed by atoms with Gasteiger partial charge in [0.25, 0.3) is 11.9 Å². The minimum atomic E-state index is -0.938. The molecule has 0 aliphatic carbocycles. The number of carbonyl (C=O) groups excluding carboxylic acids is 2. The SMILES string of the molecule is O=C(O[C@H](C(=O)N1CCOCC1)c1ccccc1)C1CCN(c2nc3ccccc3o2)CC1. The van der Waals surface area contributed by atoms with Gasteiger partial charge in [-0.15, -0.1) is 0 Å². The van der Waals surface area contributed by atoms with Crippen LogP contribution in [0.4, 0.5) is 6.01 Å². The van der Waals surface area contributed by atoms with E-state index >= 15 is 0 Å². The summed E-state index contributed by atoms with van der Waals surface area (Å²) in [6.07, 6.45) is 0.294. The molecule has 0 radical (unpaired) electrons. The van der Waals surface area contributed by atoms with Crippen LogP contribution in [0.25, 0.3) is 11.1 Å². The first kappa shape index (κ1) is 21.5. The van der Waals surface area contributed by atoms with E-state index in [-0.39, 0.29) is 17.8 Å². The zero-order chi connectivity index (χ0) is 22.6. The van der Waals surface area contributed by atoms with Crippen LogP contribution in [0.15, 0.2) is 59.0 Å². The molecule has 2 aliphatic heterocycles. The summed E-state index contributed by atoms with van der Waals surface area (Å²) in [5.41, 5.74) is 2.26. The van der Waals surface area contributed by atoms with Gasteiger partial charge in [0.05, 0.1) is 19.1 Å². The summed E-state index contributed by atoms with van der Waals surface area (Å²) in [5, 5.41) is 0. The molecule has 0 spiro atoms. The molecule has 5 rings (SSSR count). The fourth-order valence-electron chi connectivity index (χ4n) is 4.35. The highest BCUT2D eigenvalue weighted by Gasteiger charge is 2.34. The van der Waals surface area contributed by atoms with Gasteiger partial charge >= 0.3 is 5.97 Å². The number of ether oxygens (including phenoxy) is 2. The smallest absolute Gasteiger partial charge is 0.310 e. The van der Waals surface area contributed by atoms with E-state index in [2.05, 4.69) is 9.88 Å². The second-order valence-corrected chi connectivity index (χ2v) is 8.39. The van der Waals surface area contributed by atoms with Gasteiger partial charge in [-0.2, -0.15) is 4.98 Å². The quantitative estimate of drug-likeness (QED) is 0.553. The highest BCUT2D eigenvalue weighted by atomic mass is 16.5. The van der Waals surface area contributed by atoms with Crippen LogP contribution in [0.1, 0.15) is 24.5 Å². The molecule has 1 aromatic heterocycles. The number of hydrogen-bond donors (Lipinski definition) is 0. The van der Waals surface area contributed by atoms with Crippen LogP contribution in [0.5, 0.6) is 0 Å². The molecule has 0 bridgehead atoms. The number of benzene rings is 2. The van der Waals surface area contributed by atoms with Gasteiger partial charge < -0.3 is 23.7 Å². The molecule has 3 heterocycles. The molecular weight excluding hydrogens is 422 g/mol. The molecule has 8 nitrogen and oxygen atoms in total. The third-order valence-corrected chi connectivity index (χ3v) is 6.26. The Morgan fingerprint density at radius 1 is 0.939 bits per heavy atom. The number of rotatable bonds is 5. The van der Waals surface area contributed by atoms with Gasteiger partial charge in [-0.05, 0) is 25.0 Å². The predicted molar refractivity (Wildman–Crippen MR) is 122 cm³/mol. The Balaban J connectivity index is 1.24. The topological polar surface area (TPSA) is 85.1 Å². The Bertz CT molecular complexity index is 1070. The van der Waals surface area contributed by atoms with Crippen molar-refractivity contribution in [1.82, 2.24) is 9.88 Å². The van der Waals surface area contributed by atoms with Crippen LogP contribution < -0.4 is 4.90 Å². The lowest BCUT2D eigenvalue weighted by atomic mass is 9.97. The Morgan fingerprint density at radius 3 is 2.36 bits per heavy atom. The number of esters is 1. The largest absolute Gasteiger partial charge is 0.447 e. The van der Waals surface area contributed by atoms with E-state index in [0.29, 0.717) is 63.8 Å². The summed E-state index contributed by atoms with van der Waals surface area (Å²) in [7, 11) is 0. The summed E-state index contributed by atoms with van der Waals surface area (Å²) in [4.78, 5) is 34.6. The molecule has 1 atom stereocenters. The van der Waals surface area contributed by atoms with Gasteiger partial charge in [-0.3, -0.25) is 9.59 Å². The van der Waals surface area contributed by atoms with Gasteiger partial charge in [-0.25, -0.2) is 0 Å². The van der Waals surface area contributed by atoms with Crippen molar-refractivity contribution in [2.24, 2.45) is 5.92 Å². The van der Waals surface area contributed by atoms with Gasteiger partial charge in [0, 0.05) is 31.7 Å². The Labute approximate surface area is 192 Å². The molecule has 0 saturated carbocycles. The monoisotopic (exact) mass is 449 g/mol. The highest BCUT2D eigenvalue weighted by Crippen LogP contribution is 2.29. The summed E-state index contributed by atoms with van der Waals surface area (Å²) >= 11 is 0. The van der Waals surface area contributed by atoms with Gasteiger partial charge in [0.1, 0.15) is 5.52 Å². The number of amides is 1. The molecule has 0 unspecified atom stereocenters. The van der Waals surface area contributed by atoms with Crippen molar-refractivity contribution in [3.63, 3.8) is 0 Å². The summed E-state index contributed by atoms with van der Waals surface area (Å²) in [6, 6.07) is 17.5. The number of hydrogen-bond acceptors (Lipinski definition) is 7. The van der Waals surface area contributed by atoms with Crippen LogP contribution in [-0.2, 0) is 19.1 Å². The van der Waals surface area contributed by atoms with Crippen LogP contribution in [0, 0.1) is 5.92 Å². The lowest BCUT2D eigenvalue weighted by Gasteiger charge is -2.32. The Morgan fingerprint density at radius 2 is 1.64 bits per heavy atom. The molecule has 0 N–H and O–H groups in total. The van der Waals surface area contributed by atoms with Crippen LogP contribution >= 0.6 is 0 Å². The third-order valence-electron chi connectivity index (χ3n) is 6.26. The van der Waals surface area contributed by atoms with Crippen molar-refractivity contribution in [2.45, 2.75) is 18.9 Å². The minimum absolute atomic E-state index is 0.193. The number of para-hydroxylation sites is 2. The Hall–Kier alpha value is -3.39. The van der Waals surface area contributed by atoms with Crippen molar-refractivity contribution in [2.75, 3.05) is 44.3 Å². The van der Waals surface area contributed by atoms with Crippen molar-refractivity contribution in [1.29, 1.82) is 0 Å². The zero-order valence-corrected chi connectivity index (χ0v) is 18.4. The fraction of sp³-hybridized carbons (Fsp3) is 0.400. The number of nitrogens with zero attached hydrogens (tertiary/aromatic N) is 3. The van der Waals surface area contributed by atoms with E-state index in [1.54, 1.807) is 4.90 Å². The lowest BCUT2D eigenvalue weighted by molar-refractivity contribution is -0.166. The average Bonchev–Trinajstić information content (AvgIpc) is 3.32. The number of aromatic nitrogens is 1. The molecule has 2 aromatic carbocycles. The zero-order valence-electron chi connectivity index (χ0n) is 18.4. The number of anilines is 1. The lowest BCUT2D eigenvalue weighted by Crippen LogP contribution is -2.44. The molecule has 2 aliphatic rings. The first-order valence-corrected chi connectivity index (χ1v) is 11.4. The van der Waals surface area contributed by atoms with E-state index in [0.717, 1.165) is 11.1 Å². The predicted octanol–water partition coefficient (Wildman–Crippen LogP) is 3.19. The molecule has 8 heteroatoms. The summed E-state index contributed by atoms with van der Waals surface area (Å²) in [5.74, 6) is -0.793. The number of carbonyl (C=O) groups is 2. The van der Waals surface area contributed by atoms with E-state index in [9.17, 15) is 9.59 Å². The molecule has 1 amide bonds. The highest BCUT2D eigenvalue weighted by molar-refractivity contribution is 5.85. The summed E-state index contributed by atoms with van der Waals surface area (Å²) in [6.45, 7) is 3.27. The van der Waals surface area contributed by atoms with E-state index in [4.69, 9.17) is 13.9 Å². The molecule has 2 saturated heterocycles. The standard InChI is InChI=1S/C25H27N3O5/c29-23(27-14-16-31-17-15-27)22(18-6-2-1-3-7-18)33-24(30)19-10-12-28(13-11-19)25-26-20-8-4-5-9-21(20)32-25/h1-9,19,22H,10-17H2/t22-/m0/s1.